The first kappa shape index (κ1) is 138. The summed E-state index contributed by atoms with van der Waals surface area (Å²) in [5.41, 5.74) is -0.835. The molecule has 0 aromatic heterocycles. The van der Waals surface area contributed by atoms with Crippen LogP contribution in [-0.4, -0.2) is 255 Å². The van der Waals surface area contributed by atoms with Crippen LogP contribution in [0.3, 0.4) is 0 Å². The minimum absolute atomic E-state index is 0. The number of hydrogen-bond acceptors (Lipinski definition) is 17. The van der Waals surface area contributed by atoms with E-state index in [2.05, 4.69) is 41.2 Å². The molecule has 4 amide bonds. The number of Topliss-reactive ketones (excluding diaryl/α,β-unsaturated/α-hetero) is 1. The Balaban J connectivity index is -0.000000710. The number of nitrogens with zero attached hydrogens (tertiary/aromatic N) is 4. The van der Waals surface area contributed by atoms with E-state index in [0.29, 0.717) is 90.1 Å². The average molecular weight is 2300 g/mol. The SMILES string of the molecule is C1CCOC1.CC(C)(C)OC(=O)N1CCC(=O)CC1.CC(C)(C)OC(=O)N1CCC(O)(Cc2cc(Cl)ccc2F)CC1.CC(C)(C)OC(=O)N1CCC2(CC1)CO2.CC(C)(C)OC(=O)N1CCC2(CC1)Cc1cc(Cl)ccc1O2.CC(C)(C)[O-].CCC.C[CH-]C.C[S+](C)(C)=O.Clc1ccc2c(c1)CC1(CCNCC1)O2.Fc1[c-]cc(Cl)cc1.Fc1ccc(Cl)cc1Br.[Br-].[Cl-].[I-].[K+].[Mg+2].[Mg+2]. The van der Waals surface area contributed by atoms with Crippen molar-refractivity contribution in [2.45, 2.75) is 285 Å². The molecular formula is C96H142Br2Cl6F3IKMg2N5O16S. The summed E-state index contributed by atoms with van der Waals surface area (Å²) in [5, 5.41) is 27.2. The number of halogens is 12. The Kier molecular flexibility index (Phi) is 68.4. The van der Waals surface area contributed by atoms with Gasteiger partial charge >= 0.3 is 122 Å². The van der Waals surface area contributed by atoms with Gasteiger partial charge in [0.05, 0.1) is 32.2 Å². The Morgan fingerprint density at radius 1 is 0.549 bits per heavy atom. The Morgan fingerprint density at radius 2 is 0.857 bits per heavy atom. The van der Waals surface area contributed by atoms with Gasteiger partial charge in [0.25, 0.3) is 0 Å². The predicted octanol–water partition coefficient (Wildman–Crippen LogP) is 10.3. The van der Waals surface area contributed by atoms with Crippen molar-refractivity contribution in [1.29, 1.82) is 0 Å². The van der Waals surface area contributed by atoms with Gasteiger partial charge in [0.15, 0.2) is 0 Å². The molecule has 37 heteroatoms. The topological polar surface area (TPSA) is 248 Å². The second-order valence-electron chi connectivity index (χ2n) is 38.0. The molecule has 0 saturated carbocycles. The smallest absolute Gasteiger partial charge is 1.00 e. The summed E-state index contributed by atoms with van der Waals surface area (Å²) in [6.07, 6.45) is 19.3. The molecule has 0 bridgehead atoms. The van der Waals surface area contributed by atoms with Crippen LogP contribution in [0.5, 0.6) is 11.5 Å². The summed E-state index contributed by atoms with van der Waals surface area (Å²) in [5.74, 6) is 1.13. The van der Waals surface area contributed by atoms with Gasteiger partial charge in [-0.25, -0.2) is 32.3 Å². The summed E-state index contributed by atoms with van der Waals surface area (Å²) < 4.78 is 92.6. The number of ketones is 1. The number of hydrogen-bond donors (Lipinski definition) is 2. The maximum atomic E-state index is 13.8. The number of nitrogens with one attached hydrogen (secondary N) is 1. The van der Waals surface area contributed by atoms with E-state index in [0.717, 1.165) is 119 Å². The van der Waals surface area contributed by atoms with Gasteiger partial charge in [0.1, 0.15) is 81.3 Å². The molecule has 0 radical (unpaired) electrons. The Bertz CT molecular complexity index is 4200. The van der Waals surface area contributed by atoms with Crippen LogP contribution in [0.4, 0.5) is 32.3 Å². The fourth-order valence-corrected chi connectivity index (χ4v) is 14.1. The van der Waals surface area contributed by atoms with Crippen molar-refractivity contribution in [2.24, 2.45) is 0 Å². The number of carbonyl (C=O) groups excluding carboxylic acids is 5. The third-order valence-corrected chi connectivity index (χ3v) is 20.5. The van der Waals surface area contributed by atoms with Gasteiger partial charge in [0, 0.05) is 136 Å². The van der Waals surface area contributed by atoms with Crippen molar-refractivity contribution in [3.05, 3.63) is 167 Å². The molecule has 0 atom stereocenters. The number of ether oxygens (including phenoxy) is 8. The van der Waals surface area contributed by atoms with Gasteiger partial charge in [0.2, 0.25) is 0 Å². The second kappa shape index (κ2) is 65.9. The maximum absolute atomic E-state index is 13.8. The normalized spacial score (nSPS) is 16.8. The maximum Gasteiger partial charge on any atom is 2.00 e. The van der Waals surface area contributed by atoms with Crippen molar-refractivity contribution in [1.82, 2.24) is 24.9 Å². The summed E-state index contributed by atoms with van der Waals surface area (Å²) in [6, 6.07) is 26.8. The number of aliphatic hydroxyl groups is 1. The Hall–Kier alpha value is -1.21. The molecule has 5 aromatic rings. The fraction of sp³-hybridized carbons (Fsp3) is 0.625. The summed E-state index contributed by atoms with van der Waals surface area (Å²) >= 11 is 31.8. The third kappa shape index (κ3) is 61.5. The van der Waals surface area contributed by atoms with E-state index in [1.54, 1.807) is 59.1 Å². The van der Waals surface area contributed by atoms with Crippen molar-refractivity contribution in [3.8, 4) is 11.5 Å². The molecule has 9 heterocycles. The van der Waals surface area contributed by atoms with E-state index < -0.39 is 43.5 Å². The molecule has 0 aliphatic carbocycles. The van der Waals surface area contributed by atoms with Crippen molar-refractivity contribution in [2.75, 3.05) is 104 Å². The fourth-order valence-electron chi connectivity index (χ4n) is 12.8. The third-order valence-electron chi connectivity index (χ3n) is 18.7. The molecule has 7 fully saturated rings. The number of piperidine rings is 5. The number of carbonyl (C=O) groups is 5. The van der Waals surface area contributed by atoms with Crippen LogP contribution in [0.25, 0.3) is 0 Å². The molecule has 9 aliphatic rings. The van der Waals surface area contributed by atoms with Gasteiger partial charge in [-0.2, -0.15) is 37.6 Å². The van der Waals surface area contributed by atoms with Crippen molar-refractivity contribution in [3.63, 3.8) is 0 Å². The number of epoxide rings is 1. The van der Waals surface area contributed by atoms with E-state index in [1.165, 1.54) is 85.0 Å². The molecule has 2 N–H and O–H groups in total. The first-order chi connectivity index (χ1) is 58.7. The first-order valence-corrected chi connectivity index (χ1v) is 48.9. The molecule has 0 unspecified atom stereocenters. The minimum atomic E-state index is -1.42. The zero-order valence-electron chi connectivity index (χ0n) is 82.5. The van der Waals surface area contributed by atoms with Gasteiger partial charge < -0.3 is 133 Å². The molecule has 7 saturated heterocycles. The average Bonchev–Trinajstić information content (AvgIpc) is 1.63. The van der Waals surface area contributed by atoms with Crippen LogP contribution in [0.15, 0.2) is 95.5 Å². The number of likely N-dealkylation sites (tertiary alicyclic amines) is 4. The minimum Gasteiger partial charge on any atom is -1.00 e. The molecular weight excluding hydrogens is 2160 g/mol. The van der Waals surface area contributed by atoms with Gasteiger partial charge in [-0.05, 0) is 253 Å². The predicted molar refractivity (Wildman–Crippen MR) is 519 cm³/mol. The molecule has 21 nitrogen and oxygen atoms in total. The van der Waals surface area contributed by atoms with E-state index >= 15 is 0 Å². The van der Waals surface area contributed by atoms with Crippen LogP contribution in [0.2, 0.25) is 25.1 Å². The molecule has 133 heavy (non-hydrogen) atoms. The van der Waals surface area contributed by atoms with Crippen LogP contribution < -0.4 is 125 Å². The molecule has 742 valence electrons. The number of rotatable bonds is 2. The van der Waals surface area contributed by atoms with Gasteiger partial charge in [-0.1, -0.05) is 92.5 Å². The van der Waals surface area contributed by atoms with E-state index in [1.807, 2.05) is 140 Å². The van der Waals surface area contributed by atoms with E-state index in [9.17, 15) is 51.6 Å². The Labute approximate surface area is 935 Å². The molecule has 14 rings (SSSR count). The van der Waals surface area contributed by atoms with E-state index in [4.69, 9.17) is 95.9 Å². The van der Waals surface area contributed by atoms with Gasteiger partial charge in [-0.15, -0.1) is 21.9 Å². The number of fused-ring (bicyclic) bond motifs is 2. The Morgan fingerprint density at radius 3 is 1.17 bits per heavy atom. The number of benzene rings is 5. The number of amides is 4. The van der Waals surface area contributed by atoms with Crippen LogP contribution in [-0.2, 0) is 66.6 Å². The second-order valence-corrected chi connectivity index (χ2v) is 44.5. The standard InChI is InChI=1S/C17H23ClFNO3.C17H22ClNO3.C12H14ClNO.C11H19NO3.C10H17NO3.C6H3BrClF.C6H3ClF.C4H8O.C4H9O.C3H9OS.C3H8.C3H7.BrH.ClH.HI.K.2Mg/c1-16(2,3)23-15(21)20-8-6-17(22,7-9-20)11-12-10-13(18)4-5-14(12)19;1-16(2,3)22-15(20)19-8-6-17(7-9-19)11-12-10-13(18)4-5-14(12)21-17;13-10-1-2-11-9(7-10)8-12(15-11)3-5-14-6-4-12;1-10(2,3)15-9(13)12-6-4-11(5-7-12)8-14-11;1-10(2,3)14-9(13)11-6-4-8(12)5-7-11;7-5-3-4(8)1-2-6(5)9;7-5-1-3-6(8)4-2-5;1-2-4-5-3-1;1-4(2,3)5;1-5(2,3)4;2*1-3-2;;;;;;/h4-5,10,22H,6-9,11H2,1-3H3;4-5,10H,6-9,11H2,1-3H3;1-2,7,14H,3-6,8H2;4-8H2,1-3H3;4-7H2,1-3H3;1-3H;1-3H;1-4H2;2*1-3H3;3H2,1-2H3;3H,1-2H3;3*1H;;;/q;;;;;;-1;;-1;+1;;-1;;;;+1;2*+2/p-3. The van der Waals surface area contributed by atoms with Gasteiger partial charge in [-0.3, -0.25) is 4.79 Å². The summed E-state index contributed by atoms with van der Waals surface area (Å²) in [7, 11) is -1.42. The zero-order chi connectivity index (χ0) is 96.2. The zero-order valence-corrected chi connectivity index (χ0v) is 99.1. The summed E-state index contributed by atoms with van der Waals surface area (Å²) in [4.78, 5) is 65.0. The summed E-state index contributed by atoms with van der Waals surface area (Å²) in [6.45, 7) is 45.0. The molecule has 3 spiro atoms. The van der Waals surface area contributed by atoms with Crippen LogP contribution >= 0.6 is 73.9 Å². The molecule has 9 aliphatic heterocycles. The van der Waals surface area contributed by atoms with Crippen molar-refractivity contribution < 1.29 is 194 Å². The first-order valence-electron chi connectivity index (χ1n) is 43.5. The van der Waals surface area contributed by atoms with Crippen molar-refractivity contribution >= 4 is 160 Å². The quantitative estimate of drug-likeness (QED) is 0.0317. The van der Waals surface area contributed by atoms with Crippen LogP contribution in [0.1, 0.15) is 232 Å². The molecule has 5 aromatic carbocycles. The van der Waals surface area contributed by atoms with E-state index in [-0.39, 0.29) is 222 Å². The largest absolute Gasteiger partial charge is 2.00 e. The van der Waals surface area contributed by atoms with Crippen LogP contribution in [0, 0.1) is 29.9 Å². The monoisotopic (exact) mass is 2290 g/mol.